The van der Waals surface area contributed by atoms with E-state index in [-0.39, 0.29) is 0 Å². The van der Waals surface area contributed by atoms with E-state index in [2.05, 4.69) is 25.4 Å². The first-order chi connectivity index (χ1) is 10.1. The first kappa shape index (κ1) is 18.1. The Bertz CT molecular complexity index is 540. The third kappa shape index (κ3) is 5.39. The summed E-state index contributed by atoms with van der Waals surface area (Å²) in [4.78, 5) is 1.08. The van der Waals surface area contributed by atoms with E-state index < -0.39 is 10.0 Å². The van der Waals surface area contributed by atoms with Gasteiger partial charge in [0.05, 0.1) is 0 Å². The second kappa shape index (κ2) is 9.15. The molecule has 1 aromatic heterocycles. The molecule has 1 aromatic rings. The van der Waals surface area contributed by atoms with Crippen molar-refractivity contribution in [3.8, 4) is 0 Å². The highest BCUT2D eigenvalue weighted by Gasteiger charge is 2.24. The van der Waals surface area contributed by atoms with Gasteiger partial charge in [-0.1, -0.05) is 19.1 Å². The predicted molar refractivity (Wildman–Crippen MR) is 90.3 cm³/mol. The van der Waals surface area contributed by atoms with Crippen molar-refractivity contribution in [2.24, 2.45) is 0 Å². The molecule has 0 atom stereocenters. The molecule has 0 spiro atoms. The summed E-state index contributed by atoms with van der Waals surface area (Å²) in [5.74, 6) is 0. The van der Waals surface area contributed by atoms with Crippen molar-refractivity contribution in [3.63, 3.8) is 0 Å². The molecule has 0 aromatic carbocycles. The molecule has 0 amide bonds. The summed E-state index contributed by atoms with van der Waals surface area (Å²) in [6.45, 7) is 11.8. The van der Waals surface area contributed by atoms with Gasteiger partial charge in [0.2, 0.25) is 0 Å². The van der Waals surface area contributed by atoms with Crippen LogP contribution in [0.2, 0.25) is 0 Å². The third-order valence-electron chi connectivity index (χ3n) is 2.87. The van der Waals surface area contributed by atoms with Crippen molar-refractivity contribution in [3.05, 3.63) is 42.3 Å². The van der Waals surface area contributed by atoms with Crippen LogP contribution in [0.5, 0.6) is 0 Å². The Hall–Kier alpha value is -0.950. The van der Waals surface area contributed by atoms with Crippen molar-refractivity contribution >= 4 is 21.4 Å². The van der Waals surface area contributed by atoms with Gasteiger partial charge < -0.3 is 5.32 Å². The SMILES string of the molecule is C=CCN(CC=C)S(=O)(=O)c1ccc(CCNCCC)s1. The van der Waals surface area contributed by atoms with Crippen LogP contribution < -0.4 is 5.32 Å². The van der Waals surface area contributed by atoms with Gasteiger partial charge in [-0.2, -0.15) is 4.31 Å². The Balaban J connectivity index is 2.76. The second-order valence-electron chi connectivity index (χ2n) is 4.62. The van der Waals surface area contributed by atoms with E-state index in [9.17, 15) is 8.42 Å². The molecule has 0 saturated carbocycles. The van der Waals surface area contributed by atoms with Crippen LogP contribution in [0.1, 0.15) is 18.2 Å². The Kier molecular flexibility index (Phi) is 7.88. The molecule has 4 nitrogen and oxygen atoms in total. The van der Waals surface area contributed by atoms with E-state index in [0.29, 0.717) is 17.3 Å². The molecule has 0 aliphatic rings. The maximum atomic E-state index is 12.5. The fraction of sp³-hybridized carbons (Fsp3) is 0.467. The highest BCUT2D eigenvalue weighted by molar-refractivity contribution is 7.91. The molecule has 0 fully saturated rings. The molecule has 1 heterocycles. The molecule has 1 rings (SSSR count). The molecule has 0 unspecified atom stereocenters. The van der Waals surface area contributed by atoms with Gasteiger partial charge in [-0.05, 0) is 38.1 Å². The summed E-state index contributed by atoms with van der Waals surface area (Å²) in [6, 6.07) is 3.58. The van der Waals surface area contributed by atoms with Gasteiger partial charge in [-0.15, -0.1) is 24.5 Å². The summed E-state index contributed by atoms with van der Waals surface area (Å²) >= 11 is 1.34. The quantitative estimate of drug-likeness (QED) is 0.502. The molecule has 6 heteroatoms. The van der Waals surface area contributed by atoms with Crippen LogP contribution >= 0.6 is 11.3 Å². The first-order valence-corrected chi connectivity index (χ1v) is 9.33. The van der Waals surface area contributed by atoms with Crippen LogP contribution in [0.4, 0.5) is 0 Å². The van der Waals surface area contributed by atoms with E-state index in [1.807, 2.05) is 6.07 Å². The highest BCUT2D eigenvalue weighted by Crippen LogP contribution is 2.25. The molecular formula is C15H24N2O2S2. The van der Waals surface area contributed by atoms with E-state index >= 15 is 0 Å². The summed E-state index contributed by atoms with van der Waals surface area (Å²) in [5.41, 5.74) is 0. The Morgan fingerprint density at radius 1 is 1.24 bits per heavy atom. The zero-order valence-electron chi connectivity index (χ0n) is 12.5. The van der Waals surface area contributed by atoms with Crippen molar-refractivity contribution in [1.29, 1.82) is 0 Å². The van der Waals surface area contributed by atoms with Crippen LogP contribution in [0.3, 0.4) is 0 Å². The van der Waals surface area contributed by atoms with E-state index in [1.54, 1.807) is 18.2 Å². The Morgan fingerprint density at radius 2 is 1.90 bits per heavy atom. The van der Waals surface area contributed by atoms with Crippen molar-refractivity contribution < 1.29 is 8.42 Å². The first-order valence-electron chi connectivity index (χ1n) is 7.07. The molecule has 0 radical (unpaired) electrons. The number of hydrogen-bond donors (Lipinski definition) is 1. The van der Waals surface area contributed by atoms with Crippen LogP contribution in [0.15, 0.2) is 41.7 Å². The van der Waals surface area contributed by atoms with Gasteiger partial charge in [0.15, 0.2) is 0 Å². The molecule has 21 heavy (non-hydrogen) atoms. The van der Waals surface area contributed by atoms with Crippen LogP contribution in [-0.2, 0) is 16.4 Å². The van der Waals surface area contributed by atoms with Gasteiger partial charge in [0, 0.05) is 18.0 Å². The fourth-order valence-electron chi connectivity index (χ4n) is 1.83. The van der Waals surface area contributed by atoms with Gasteiger partial charge in [-0.25, -0.2) is 8.42 Å². The number of hydrogen-bond acceptors (Lipinski definition) is 4. The number of sulfonamides is 1. The maximum absolute atomic E-state index is 12.5. The average molecular weight is 329 g/mol. The fourth-order valence-corrected chi connectivity index (χ4v) is 4.72. The molecular weight excluding hydrogens is 304 g/mol. The number of thiophene rings is 1. The van der Waals surface area contributed by atoms with E-state index in [0.717, 1.165) is 30.8 Å². The monoisotopic (exact) mass is 328 g/mol. The minimum atomic E-state index is -3.45. The van der Waals surface area contributed by atoms with Crippen molar-refractivity contribution in [2.75, 3.05) is 26.2 Å². The van der Waals surface area contributed by atoms with Gasteiger partial charge in [0.25, 0.3) is 10.0 Å². The van der Waals surface area contributed by atoms with Crippen molar-refractivity contribution in [1.82, 2.24) is 9.62 Å². The second-order valence-corrected chi connectivity index (χ2v) is 7.95. The van der Waals surface area contributed by atoms with Gasteiger partial charge in [0.1, 0.15) is 4.21 Å². The van der Waals surface area contributed by atoms with E-state index in [4.69, 9.17) is 0 Å². The third-order valence-corrected chi connectivity index (χ3v) is 6.32. The zero-order chi connectivity index (χ0) is 15.7. The maximum Gasteiger partial charge on any atom is 0.253 e. The Morgan fingerprint density at radius 3 is 2.48 bits per heavy atom. The average Bonchev–Trinajstić information content (AvgIpc) is 2.93. The summed E-state index contributed by atoms with van der Waals surface area (Å²) in [7, 11) is -3.45. The minimum absolute atomic E-state index is 0.291. The lowest BCUT2D eigenvalue weighted by molar-refractivity contribution is 0.476. The predicted octanol–water partition coefficient (Wildman–Crippen LogP) is 2.65. The van der Waals surface area contributed by atoms with Gasteiger partial charge in [-0.3, -0.25) is 0 Å². The smallest absolute Gasteiger partial charge is 0.253 e. The largest absolute Gasteiger partial charge is 0.316 e. The molecule has 118 valence electrons. The standard InChI is InChI=1S/C15H24N2O2S2/c1-4-10-16-11-9-14-7-8-15(20-14)21(18,19)17(12-5-2)13-6-3/h5-8,16H,2-4,9-13H2,1H3. The van der Waals surface area contributed by atoms with Crippen LogP contribution in [0, 0.1) is 0 Å². The number of nitrogens with zero attached hydrogens (tertiary/aromatic N) is 1. The van der Waals surface area contributed by atoms with E-state index in [1.165, 1.54) is 15.6 Å². The highest BCUT2D eigenvalue weighted by atomic mass is 32.2. The minimum Gasteiger partial charge on any atom is -0.316 e. The molecule has 0 saturated heterocycles. The number of nitrogens with one attached hydrogen (secondary N) is 1. The zero-order valence-corrected chi connectivity index (χ0v) is 14.2. The van der Waals surface area contributed by atoms with Gasteiger partial charge >= 0.3 is 0 Å². The summed E-state index contributed by atoms with van der Waals surface area (Å²) in [5, 5.41) is 3.32. The van der Waals surface area contributed by atoms with Crippen LogP contribution in [0.25, 0.3) is 0 Å². The summed E-state index contributed by atoms with van der Waals surface area (Å²) < 4.78 is 26.8. The lowest BCUT2D eigenvalue weighted by atomic mass is 10.3. The number of rotatable bonds is 11. The normalized spacial score (nSPS) is 11.7. The summed E-state index contributed by atoms with van der Waals surface area (Å²) in [6.07, 6.45) is 5.12. The topological polar surface area (TPSA) is 49.4 Å². The van der Waals surface area contributed by atoms with Crippen LogP contribution in [-0.4, -0.2) is 38.9 Å². The molecule has 0 aliphatic carbocycles. The molecule has 1 N–H and O–H groups in total. The molecule has 0 bridgehead atoms. The van der Waals surface area contributed by atoms with Crippen molar-refractivity contribution in [2.45, 2.75) is 24.0 Å². The lowest BCUT2D eigenvalue weighted by Gasteiger charge is -2.17. The lowest BCUT2D eigenvalue weighted by Crippen LogP contribution is -2.30. The Labute approximate surface area is 132 Å². The molecule has 0 aliphatic heterocycles.